The number of fused-ring (bicyclic) bond motifs is 6. The number of hydrogen-bond donors (Lipinski definition) is 1. The molecule has 294 valence electrons. The Balaban J connectivity index is 0.000000264. The summed E-state index contributed by atoms with van der Waals surface area (Å²) < 4.78 is 12.1. The fourth-order valence-electron chi connectivity index (χ4n) is 10.00. The smallest absolute Gasteiger partial charge is 0.512 e. The molecule has 2 N–H and O–H groups in total. The third kappa shape index (κ3) is 6.40. The number of amidine groups is 1. The minimum Gasteiger partial charge on any atom is -0.512 e. The number of benzene rings is 2. The van der Waals surface area contributed by atoms with Crippen LogP contribution in [0, 0.1) is 29.2 Å². The summed E-state index contributed by atoms with van der Waals surface area (Å²) in [7, 11) is 7.06. The molecule has 2 fully saturated rings. The molecule has 0 bridgehead atoms. The number of guanidine groups is 1. The average molecular weight is 851 g/mol. The van der Waals surface area contributed by atoms with Gasteiger partial charge in [0.1, 0.15) is 5.84 Å². The molecule has 11 nitrogen and oxygen atoms in total. The Morgan fingerprint density at radius 3 is 1.67 bits per heavy atom. The number of methoxy groups -OCH3 is 2. The first-order chi connectivity index (χ1) is 24.4. The molecular weight excluding hydrogens is 798 g/mol. The van der Waals surface area contributed by atoms with Crippen LogP contribution in [-0.2, 0) is 60.1 Å². The summed E-state index contributed by atoms with van der Waals surface area (Å²) in [6.45, 7) is 14.0. The van der Waals surface area contributed by atoms with Crippen LogP contribution in [0.2, 0.25) is 0 Å². The maximum Gasteiger partial charge on any atom is 1.00 e. The summed E-state index contributed by atoms with van der Waals surface area (Å²) >= 11 is 3.59. The largest absolute Gasteiger partial charge is 1.00 e. The molecule has 2 amide bonds. The van der Waals surface area contributed by atoms with Crippen LogP contribution in [0.4, 0.5) is 5.69 Å². The van der Waals surface area contributed by atoms with Crippen molar-refractivity contribution in [1.29, 1.82) is 5.26 Å². The molecule has 8 rings (SSSR count). The Hall–Kier alpha value is -3.58. The molecule has 4 spiro atoms. The number of carbonyl (C=O) groups excluding carboxylic acids is 2. The SMILES string of the molecule is C.C.COC1CCC2(CC1)Cc1ccc(Br)cc1C21N=C(C)N(C)C1=O.[C-]#N.[C-]#[N+]c1ccc2c(c1)C1(N=C(N)N(C)C1=O)C1(CCC(OC)CC1)C2.[Cu+]. The first-order valence-corrected chi connectivity index (χ1v) is 18.3. The van der Waals surface area contributed by atoms with E-state index in [1.165, 1.54) is 10.5 Å². The van der Waals surface area contributed by atoms with Gasteiger partial charge in [-0.1, -0.05) is 55.0 Å². The number of carbonyl (C=O) groups is 2. The van der Waals surface area contributed by atoms with Crippen molar-refractivity contribution < 1.29 is 36.1 Å². The fraction of sp³-hybridized carbons (Fsp3) is 0.561. The summed E-state index contributed by atoms with van der Waals surface area (Å²) in [6.07, 6.45) is 9.79. The number of rotatable bonds is 2. The predicted octanol–water partition coefficient (Wildman–Crippen LogP) is 7.38. The molecule has 2 atom stereocenters. The van der Waals surface area contributed by atoms with Crippen LogP contribution < -0.4 is 5.73 Å². The first kappa shape index (κ1) is 44.8. The summed E-state index contributed by atoms with van der Waals surface area (Å²) in [4.78, 5) is 43.3. The second-order valence-corrected chi connectivity index (χ2v) is 15.7. The zero-order chi connectivity index (χ0) is 36.9. The second kappa shape index (κ2) is 16.6. The maximum absolute atomic E-state index is 13.4. The van der Waals surface area contributed by atoms with Crippen LogP contribution in [0.1, 0.15) is 95.4 Å². The van der Waals surface area contributed by atoms with Gasteiger partial charge in [0, 0.05) is 43.6 Å². The molecule has 0 radical (unpaired) electrons. The van der Waals surface area contributed by atoms with Gasteiger partial charge >= 0.3 is 17.1 Å². The van der Waals surface area contributed by atoms with E-state index in [1.54, 1.807) is 26.2 Å². The quantitative estimate of drug-likeness (QED) is 0.247. The summed E-state index contributed by atoms with van der Waals surface area (Å²) in [5.41, 5.74) is 8.83. The van der Waals surface area contributed by atoms with Gasteiger partial charge in [-0.3, -0.25) is 19.5 Å². The molecule has 2 unspecified atom stereocenters. The molecule has 0 aromatic heterocycles. The number of ether oxygens (including phenoxy) is 2. The number of halogens is 1. The average Bonchev–Trinajstić information content (AvgIpc) is 3.75. The van der Waals surface area contributed by atoms with E-state index in [1.807, 2.05) is 32.2 Å². The molecule has 13 heteroatoms. The topological polar surface area (TPSA) is 138 Å². The molecule has 2 heterocycles. The maximum atomic E-state index is 13.4. The van der Waals surface area contributed by atoms with Gasteiger partial charge in [-0.15, -0.1) is 0 Å². The van der Waals surface area contributed by atoms with Crippen LogP contribution >= 0.6 is 15.9 Å². The van der Waals surface area contributed by atoms with Crippen molar-refractivity contribution in [2.24, 2.45) is 26.5 Å². The normalized spacial score (nSPS) is 31.2. The van der Waals surface area contributed by atoms with E-state index in [0.29, 0.717) is 11.8 Å². The molecule has 54 heavy (non-hydrogen) atoms. The van der Waals surface area contributed by atoms with E-state index in [4.69, 9.17) is 43.6 Å². The van der Waals surface area contributed by atoms with Crippen molar-refractivity contribution in [1.82, 2.24) is 9.80 Å². The zero-order valence-corrected chi connectivity index (χ0v) is 32.8. The van der Waals surface area contributed by atoms with Gasteiger partial charge in [-0.2, -0.15) is 0 Å². The van der Waals surface area contributed by atoms with Gasteiger partial charge in [0.25, 0.3) is 11.8 Å². The van der Waals surface area contributed by atoms with E-state index >= 15 is 0 Å². The summed E-state index contributed by atoms with van der Waals surface area (Å²) in [5.74, 6) is 1.15. The van der Waals surface area contributed by atoms with E-state index in [-0.39, 0.29) is 66.6 Å². The second-order valence-electron chi connectivity index (χ2n) is 14.8. The zero-order valence-electron chi connectivity index (χ0n) is 30.3. The van der Waals surface area contributed by atoms with Gasteiger partial charge in [0.2, 0.25) is 0 Å². The standard InChI is InChI=1S/C19H23BrN2O2.C19H22N4O2.CN.2CH4.Cu/c1-12-21-19(17(23)22(12)2)16-10-14(20)5-4-13(16)11-18(19)8-6-15(24-3)7-9-18;1-21-13-5-4-12-11-18(8-6-14(25-3)7-9-18)19(15(12)10-13)16(24)23(2)17(20)22-19;1-2;;;/h4-5,10,15H,6-9,11H2,1-3H3;4-5,10,14H,6-9,11H2,2-3H3,(H2,20,22);;2*1H4;/q;;-1;;;+1. The van der Waals surface area contributed by atoms with E-state index in [0.717, 1.165) is 91.2 Å². The van der Waals surface area contributed by atoms with E-state index in [2.05, 4.69) is 39.0 Å². The van der Waals surface area contributed by atoms with Crippen molar-refractivity contribution in [3.63, 3.8) is 0 Å². The number of nitrogens with two attached hydrogens (primary N) is 1. The molecule has 4 aliphatic carbocycles. The van der Waals surface area contributed by atoms with Crippen LogP contribution in [0.25, 0.3) is 4.85 Å². The van der Waals surface area contributed by atoms with Crippen molar-refractivity contribution in [2.45, 2.75) is 109 Å². The Morgan fingerprint density at radius 2 is 1.26 bits per heavy atom. The summed E-state index contributed by atoms with van der Waals surface area (Å²) in [5, 5.41) is 6.25. The van der Waals surface area contributed by atoms with Gasteiger partial charge in [-0.05, 0) is 106 Å². The Morgan fingerprint density at radius 1 is 0.815 bits per heavy atom. The van der Waals surface area contributed by atoms with Crippen LogP contribution in [0.3, 0.4) is 0 Å². The monoisotopic (exact) mass is 849 g/mol. The third-order valence-corrected chi connectivity index (χ3v) is 13.3. The number of hydrogen-bond acceptors (Lipinski definition) is 8. The Kier molecular flexibility index (Phi) is 13.8. The van der Waals surface area contributed by atoms with Crippen LogP contribution in [0.5, 0.6) is 0 Å². The molecule has 2 aromatic carbocycles. The Labute approximate surface area is 340 Å². The minimum absolute atomic E-state index is 0. The number of amides is 2. The van der Waals surface area contributed by atoms with Crippen molar-refractivity contribution in [2.75, 3.05) is 28.3 Å². The summed E-state index contributed by atoms with van der Waals surface area (Å²) in [6, 6.07) is 12.0. The van der Waals surface area contributed by atoms with Crippen LogP contribution in [-0.4, -0.2) is 73.9 Å². The van der Waals surface area contributed by atoms with Gasteiger partial charge in [0.05, 0.1) is 18.8 Å². The molecule has 2 saturated carbocycles. The first-order valence-electron chi connectivity index (χ1n) is 17.5. The van der Waals surface area contributed by atoms with Crippen molar-refractivity contribution in [3.8, 4) is 0 Å². The number of aliphatic imine (C=N–C) groups is 2. The molecule has 6 aliphatic rings. The third-order valence-electron chi connectivity index (χ3n) is 12.8. The van der Waals surface area contributed by atoms with Crippen LogP contribution in [0.15, 0.2) is 50.9 Å². The Bertz CT molecular complexity index is 1880. The molecule has 2 aromatic rings. The minimum atomic E-state index is -0.986. The van der Waals surface area contributed by atoms with Crippen molar-refractivity contribution >= 4 is 45.2 Å². The fourth-order valence-corrected chi connectivity index (χ4v) is 10.4. The van der Waals surface area contributed by atoms with Gasteiger partial charge in [0.15, 0.2) is 22.7 Å². The predicted molar refractivity (Wildman–Crippen MR) is 210 cm³/mol. The molecule has 2 aliphatic heterocycles. The van der Waals surface area contributed by atoms with Crippen molar-refractivity contribution in [3.05, 3.63) is 81.1 Å². The van der Waals surface area contributed by atoms with Gasteiger partial charge in [-0.25, -0.2) is 9.84 Å². The number of likely N-dealkylation sites (N-methyl/N-ethyl adjacent to an activating group) is 2. The molecule has 0 saturated heterocycles. The van der Waals surface area contributed by atoms with E-state index < -0.39 is 11.1 Å². The van der Waals surface area contributed by atoms with E-state index in [9.17, 15) is 9.59 Å². The molecular formula is C41H53BrCuN7O4. The number of nitrogens with zero attached hydrogens (tertiary/aromatic N) is 6. The van der Waals surface area contributed by atoms with Gasteiger partial charge < -0.3 is 31.9 Å².